The van der Waals surface area contributed by atoms with Gasteiger partial charge in [0.1, 0.15) is 0 Å². The van der Waals surface area contributed by atoms with Crippen molar-refractivity contribution in [1.29, 1.82) is 0 Å². The molecule has 2 aromatic carbocycles. The summed E-state index contributed by atoms with van der Waals surface area (Å²) in [7, 11) is 0. The van der Waals surface area contributed by atoms with E-state index in [-0.39, 0.29) is 13.2 Å². The first kappa shape index (κ1) is 79.5. The number of ether oxygens (including phenoxy) is 20. The average molecular weight is 1270 g/mol. The third kappa shape index (κ3) is 46.9. The maximum absolute atomic E-state index is 8.64. The highest BCUT2D eigenvalue weighted by atomic mass is 16.6. The van der Waals surface area contributed by atoms with E-state index in [1.54, 1.807) is 0 Å². The lowest BCUT2D eigenvalue weighted by Gasteiger charge is -2.20. The summed E-state index contributed by atoms with van der Waals surface area (Å²) in [6.07, 6.45) is 6.39. The quantitative estimate of drug-likeness (QED) is 0.0773. The summed E-state index contributed by atoms with van der Waals surface area (Å²) in [6, 6.07) is 17.0. The Kier molecular flexibility index (Phi) is 55.1. The van der Waals surface area contributed by atoms with Gasteiger partial charge in [0.25, 0.3) is 0 Å². The van der Waals surface area contributed by atoms with E-state index in [1.807, 2.05) is 6.07 Å². The number of aliphatic hydroxyl groups excluding tert-OH is 2. The van der Waals surface area contributed by atoms with E-state index in [0.29, 0.717) is 277 Å². The molecule has 0 aliphatic heterocycles. The molecule has 0 radical (unpaired) electrons. The van der Waals surface area contributed by atoms with Crippen molar-refractivity contribution in [3.05, 3.63) is 94.6 Å². The lowest BCUT2D eigenvalue weighted by molar-refractivity contribution is -0.0267. The first-order chi connectivity index (χ1) is 44.1. The van der Waals surface area contributed by atoms with Crippen LogP contribution in [0.1, 0.15) is 23.6 Å². The predicted octanol–water partition coefficient (Wildman–Crippen LogP) is 4.48. The summed E-state index contributed by atoms with van der Waals surface area (Å²) in [5.41, 5.74) is 8.91. The molecule has 0 spiro atoms. The second kappa shape index (κ2) is 61.7. The van der Waals surface area contributed by atoms with Gasteiger partial charge in [-0.3, -0.25) is 4.99 Å². The van der Waals surface area contributed by atoms with Crippen molar-refractivity contribution in [2.75, 3.05) is 296 Å². The number of benzene rings is 2. The number of nitrogens with one attached hydrogen (secondary N) is 1. The smallest absolute Gasteiger partial charge is 0.0701 e. The molecule has 3 rings (SSSR count). The first-order valence-electron chi connectivity index (χ1n) is 31.5. The highest BCUT2D eigenvalue weighted by Crippen LogP contribution is 2.35. The molecule has 510 valence electrons. The average Bonchev–Trinajstić information content (AvgIpc) is 1.31. The van der Waals surface area contributed by atoms with Crippen LogP contribution in [-0.4, -0.2) is 307 Å². The normalized spacial score (nSPS) is 13.5. The minimum Gasteiger partial charge on any atom is -0.394 e. The third-order valence-electron chi connectivity index (χ3n) is 12.3. The number of rotatable bonds is 67. The molecular formula is C65H108N2O22. The third-order valence-corrected chi connectivity index (χ3v) is 12.3. The zero-order chi connectivity index (χ0) is 63.1. The van der Waals surface area contributed by atoms with Crippen molar-refractivity contribution in [3.8, 4) is 0 Å². The first-order valence-corrected chi connectivity index (χ1v) is 31.5. The molecular weight excluding hydrogens is 1160 g/mol. The fourth-order valence-electron chi connectivity index (χ4n) is 7.94. The molecule has 1 aliphatic carbocycles. The van der Waals surface area contributed by atoms with E-state index in [9.17, 15) is 0 Å². The molecule has 3 N–H and O–H groups in total. The lowest BCUT2D eigenvalue weighted by atomic mass is 9.85. The Balaban J connectivity index is 1.11. The second-order valence-electron chi connectivity index (χ2n) is 19.3. The Morgan fingerprint density at radius 2 is 0.652 bits per heavy atom. The minimum absolute atomic E-state index is 0.0167. The van der Waals surface area contributed by atoms with Crippen LogP contribution in [0.4, 0.5) is 5.69 Å². The van der Waals surface area contributed by atoms with Crippen molar-refractivity contribution in [2.24, 2.45) is 4.99 Å². The SMILES string of the molecule is CC1=CC(=NCCOCCOCCOCCOCCOCCOCCOCCOCCOCCOCCO)C=C/C1=C(/c1ccccc1)c1ccc(NCCOCCOCCOCCOCCOCCOCCOCCOCCOCCOCCO)cc1C. The molecule has 0 amide bonds. The van der Waals surface area contributed by atoms with Gasteiger partial charge in [-0.15, -0.1) is 0 Å². The van der Waals surface area contributed by atoms with Crippen molar-refractivity contribution in [1.82, 2.24) is 0 Å². The van der Waals surface area contributed by atoms with Crippen LogP contribution in [0.15, 0.2) is 82.9 Å². The Hall–Kier alpha value is -3.75. The Labute approximate surface area is 529 Å². The second-order valence-corrected chi connectivity index (χ2v) is 19.3. The maximum Gasteiger partial charge on any atom is 0.0701 e. The highest BCUT2D eigenvalue weighted by Gasteiger charge is 2.17. The van der Waals surface area contributed by atoms with Gasteiger partial charge >= 0.3 is 0 Å². The molecule has 24 nitrogen and oxygen atoms in total. The Bertz CT molecular complexity index is 2020. The summed E-state index contributed by atoms with van der Waals surface area (Å²) >= 11 is 0. The van der Waals surface area contributed by atoms with Crippen molar-refractivity contribution < 1.29 is 105 Å². The Morgan fingerprint density at radius 3 is 0.955 bits per heavy atom. The number of hydrogen-bond acceptors (Lipinski definition) is 24. The lowest BCUT2D eigenvalue weighted by Crippen LogP contribution is -2.15. The molecule has 1 aliphatic rings. The molecule has 89 heavy (non-hydrogen) atoms. The number of aliphatic hydroxyl groups is 2. The Morgan fingerprint density at radius 1 is 0.348 bits per heavy atom. The number of aryl methyl sites for hydroxylation is 1. The van der Waals surface area contributed by atoms with Gasteiger partial charge in [0.15, 0.2) is 0 Å². The minimum atomic E-state index is 0.0167. The largest absolute Gasteiger partial charge is 0.394 e. The number of hydrogen-bond donors (Lipinski definition) is 3. The van der Waals surface area contributed by atoms with Crippen molar-refractivity contribution in [3.63, 3.8) is 0 Å². The zero-order valence-corrected chi connectivity index (χ0v) is 53.5. The van der Waals surface area contributed by atoms with Gasteiger partial charge in [0, 0.05) is 12.2 Å². The summed E-state index contributed by atoms with van der Waals surface area (Å²) in [6.45, 7) is 24.8. The molecule has 0 heterocycles. The van der Waals surface area contributed by atoms with E-state index < -0.39 is 0 Å². The molecule has 0 atom stereocenters. The van der Waals surface area contributed by atoms with Gasteiger partial charge in [-0.1, -0.05) is 42.5 Å². The van der Waals surface area contributed by atoms with Crippen LogP contribution in [0, 0.1) is 6.92 Å². The van der Waals surface area contributed by atoms with Gasteiger partial charge in [0.2, 0.25) is 0 Å². The van der Waals surface area contributed by atoms with E-state index in [4.69, 9.17) is 110 Å². The molecule has 2 aromatic rings. The number of allylic oxidation sites excluding steroid dienone is 5. The summed E-state index contributed by atoms with van der Waals surface area (Å²) < 4.78 is 110. The number of anilines is 1. The molecule has 0 saturated heterocycles. The topological polar surface area (TPSA) is 249 Å². The standard InChI is InChI=1S/C65H108N2O22/c1-58-56-61(66-12-16-70-20-24-74-28-32-78-36-40-82-44-48-86-52-54-88-50-46-84-42-38-80-34-30-76-26-22-72-18-14-68)8-10-63(58)65(60-6-4-3-5-7-60)64-11-9-62(57-59(64)2)67-13-17-71-21-25-75-29-33-79-37-41-83-45-49-87-53-55-89-51-47-85-43-39-81-35-31-77-27-23-73-19-15-69/h3-11,56-57,66,68-69H,12-55H2,1-2H3/b65-64+,67-62?. The molecule has 0 saturated carbocycles. The summed E-state index contributed by atoms with van der Waals surface area (Å²) in [5, 5.41) is 20.8. The van der Waals surface area contributed by atoms with Crippen molar-refractivity contribution >= 4 is 17.0 Å². The van der Waals surface area contributed by atoms with Gasteiger partial charge < -0.3 is 110 Å². The van der Waals surface area contributed by atoms with Gasteiger partial charge in [-0.25, -0.2) is 0 Å². The van der Waals surface area contributed by atoms with E-state index in [0.717, 1.165) is 28.1 Å². The highest BCUT2D eigenvalue weighted by molar-refractivity contribution is 6.08. The van der Waals surface area contributed by atoms with Crippen LogP contribution >= 0.6 is 0 Å². The van der Waals surface area contributed by atoms with Gasteiger partial charge in [-0.2, -0.15) is 0 Å². The summed E-state index contributed by atoms with van der Waals surface area (Å²) in [5.74, 6) is 0. The number of nitrogens with zero attached hydrogens (tertiary/aromatic N) is 1. The van der Waals surface area contributed by atoms with E-state index in [1.165, 1.54) is 16.7 Å². The molecule has 0 fully saturated rings. The predicted molar refractivity (Wildman–Crippen MR) is 338 cm³/mol. The van der Waals surface area contributed by atoms with Gasteiger partial charge in [0.05, 0.1) is 290 Å². The fourth-order valence-corrected chi connectivity index (χ4v) is 7.94. The van der Waals surface area contributed by atoms with Crippen LogP contribution in [0.2, 0.25) is 0 Å². The van der Waals surface area contributed by atoms with E-state index in [2.05, 4.69) is 79.9 Å². The number of aliphatic imine (C=N–C) groups is 1. The molecule has 0 aromatic heterocycles. The zero-order valence-electron chi connectivity index (χ0n) is 53.5. The fraction of sp³-hybridized carbons (Fsp3) is 0.708. The van der Waals surface area contributed by atoms with Crippen LogP contribution in [0.25, 0.3) is 5.57 Å². The molecule has 24 heteroatoms. The van der Waals surface area contributed by atoms with Crippen LogP contribution < -0.4 is 5.32 Å². The van der Waals surface area contributed by atoms with Crippen molar-refractivity contribution in [2.45, 2.75) is 13.8 Å². The monoisotopic (exact) mass is 1270 g/mol. The summed E-state index contributed by atoms with van der Waals surface area (Å²) in [4.78, 5) is 4.80. The molecule has 0 bridgehead atoms. The molecule has 0 unspecified atom stereocenters. The van der Waals surface area contributed by atoms with Crippen LogP contribution in [0.5, 0.6) is 0 Å². The van der Waals surface area contributed by atoms with E-state index >= 15 is 0 Å². The van der Waals surface area contributed by atoms with Gasteiger partial charge in [-0.05, 0) is 71.5 Å². The maximum atomic E-state index is 8.64. The van der Waals surface area contributed by atoms with Crippen LogP contribution in [-0.2, 0) is 94.7 Å². The van der Waals surface area contributed by atoms with Crippen LogP contribution in [0.3, 0.4) is 0 Å².